The van der Waals surface area contributed by atoms with Gasteiger partial charge >= 0.3 is 0 Å². The molecule has 0 aliphatic rings. The van der Waals surface area contributed by atoms with Gasteiger partial charge in [-0.1, -0.05) is 29.8 Å². The summed E-state index contributed by atoms with van der Waals surface area (Å²) in [6.07, 6.45) is 0. The van der Waals surface area contributed by atoms with E-state index in [0.717, 1.165) is 4.90 Å². The van der Waals surface area contributed by atoms with Gasteiger partial charge in [0, 0.05) is 4.90 Å². The van der Waals surface area contributed by atoms with E-state index >= 15 is 0 Å². The average Bonchev–Trinajstić information content (AvgIpc) is 2.05. The lowest BCUT2D eigenvalue weighted by Gasteiger charge is -1.99. The molecule has 0 aliphatic carbocycles. The Kier molecular flexibility index (Phi) is 1.81. The highest BCUT2D eigenvalue weighted by Gasteiger charge is 1.93. The van der Waals surface area contributed by atoms with Gasteiger partial charge in [-0.3, -0.25) is 0 Å². The summed E-state index contributed by atoms with van der Waals surface area (Å²) in [6.45, 7) is 2.11. The zero-order valence-corrected chi connectivity index (χ0v) is 7.81. The highest BCUT2D eigenvalue weighted by molar-refractivity contribution is 7.80. The maximum Gasteiger partial charge on any atom is 0.00463 e. The highest BCUT2D eigenvalue weighted by Crippen LogP contribution is 2.18. The van der Waals surface area contributed by atoms with E-state index < -0.39 is 0 Å². The van der Waals surface area contributed by atoms with Crippen LogP contribution >= 0.6 is 12.6 Å². The molecule has 0 atom stereocenters. The summed E-state index contributed by atoms with van der Waals surface area (Å²) in [5, 5.41) is 2.54. The average molecular weight is 174 g/mol. The monoisotopic (exact) mass is 174 g/mol. The van der Waals surface area contributed by atoms with E-state index in [0.29, 0.717) is 0 Å². The van der Waals surface area contributed by atoms with Gasteiger partial charge in [0.15, 0.2) is 0 Å². The van der Waals surface area contributed by atoms with Gasteiger partial charge in [-0.15, -0.1) is 12.6 Å². The van der Waals surface area contributed by atoms with Crippen LogP contribution in [0.5, 0.6) is 0 Å². The first-order valence-corrected chi connectivity index (χ1v) is 4.40. The van der Waals surface area contributed by atoms with Crippen molar-refractivity contribution in [2.75, 3.05) is 0 Å². The molecule has 60 valence electrons. The molecule has 0 saturated carbocycles. The number of fused-ring (bicyclic) bond motifs is 1. The molecule has 0 amide bonds. The van der Waals surface area contributed by atoms with E-state index in [1.165, 1.54) is 16.3 Å². The van der Waals surface area contributed by atoms with Crippen molar-refractivity contribution in [3.8, 4) is 0 Å². The Balaban J connectivity index is 2.79. The summed E-state index contributed by atoms with van der Waals surface area (Å²) in [7, 11) is 0. The first-order chi connectivity index (χ1) is 5.75. The number of hydrogen-bond acceptors (Lipinski definition) is 1. The molecule has 0 aliphatic heterocycles. The van der Waals surface area contributed by atoms with Crippen LogP contribution in [0.1, 0.15) is 5.56 Å². The molecular formula is C11H10S. The summed E-state index contributed by atoms with van der Waals surface area (Å²) < 4.78 is 0. The van der Waals surface area contributed by atoms with Crippen LogP contribution in [0.3, 0.4) is 0 Å². The first kappa shape index (κ1) is 7.69. The third-order valence-corrected chi connectivity index (χ3v) is 2.26. The third-order valence-electron chi connectivity index (χ3n) is 1.98. The van der Waals surface area contributed by atoms with Crippen molar-refractivity contribution in [2.24, 2.45) is 0 Å². The van der Waals surface area contributed by atoms with Crippen molar-refractivity contribution >= 4 is 23.4 Å². The van der Waals surface area contributed by atoms with Crippen LogP contribution in [0.4, 0.5) is 0 Å². The normalized spacial score (nSPS) is 10.5. The fourth-order valence-electron chi connectivity index (χ4n) is 1.35. The maximum atomic E-state index is 4.29. The Morgan fingerprint density at radius 3 is 2.42 bits per heavy atom. The fraction of sp³-hybridized carbons (Fsp3) is 0.0909. The van der Waals surface area contributed by atoms with Crippen LogP contribution in [0.25, 0.3) is 10.8 Å². The molecule has 0 saturated heterocycles. The number of aryl methyl sites for hydroxylation is 1. The van der Waals surface area contributed by atoms with Crippen LogP contribution in [-0.2, 0) is 0 Å². The molecule has 0 spiro atoms. The standard InChI is InChI=1S/C11H10S/c1-8-2-3-10-7-11(12)5-4-9(10)6-8/h2-7,12H,1H3. The predicted octanol–water partition coefficient (Wildman–Crippen LogP) is 3.44. The van der Waals surface area contributed by atoms with E-state index in [1.807, 2.05) is 6.07 Å². The predicted molar refractivity (Wildman–Crippen MR) is 55.9 cm³/mol. The van der Waals surface area contributed by atoms with Gasteiger partial charge in [0.05, 0.1) is 0 Å². The van der Waals surface area contributed by atoms with Gasteiger partial charge in [-0.2, -0.15) is 0 Å². The molecule has 0 heterocycles. The lowest BCUT2D eigenvalue weighted by Crippen LogP contribution is -1.75. The number of hydrogen-bond donors (Lipinski definition) is 1. The van der Waals surface area contributed by atoms with Crippen LogP contribution in [0.2, 0.25) is 0 Å². The van der Waals surface area contributed by atoms with Gasteiger partial charge in [-0.05, 0) is 29.8 Å². The molecule has 0 bridgehead atoms. The minimum absolute atomic E-state index is 1.02. The van der Waals surface area contributed by atoms with E-state index in [1.54, 1.807) is 0 Å². The minimum Gasteiger partial charge on any atom is -0.143 e. The van der Waals surface area contributed by atoms with Crippen molar-refractivity contribution in [1.82, 2.24) is 0 Å². The second-order valence-electron chi connectivity index (χ2n) is 3.03. The quantitative estimate of drug-likeness (QED) is 0.581. The molecule has 12 heavy (non-hydrogen) atoms. The van der Waals surface area contributed by atoms with Crippen LogP contribution in [0, 0.1) is 6.92 Å². The number of benzene rings is 2. The Morgan fingerprint density at radius 2 is 1.58 bits per heavy atom. The van der Waals surface area contributed by atoms with Crippen molar-refractivity contribution in [3.05, 3.63) is 42.0 Å². The summed E-state index contributed by atoms with van der Waals surface area (Å²) in [6, 6.07) is 12.6. The smallest absolute Gasteiger partial charge is 0.00463 e. The Morgan fingerprint density at radius 1 is 0.917 bits per heavy atom. The van der Waals surface area contributed by atoms with Gasteiger partial charge in [0.1, 0.15) is 0 Å². The highest BCUT2D eigenvalue weighted by atomic mass is 32.1. The van der Waals surface area contributed by atoms with Crippen LogP contribution in [0.15, 0.2) is 41.3 Å². The molecule has 2 aromatic rings. The Hall–Kier alpha value is -0.950. The molecule has 2 aromatic carbocycles. The third kappa shape index (κ3) is 1.32. The molecular weight excluding hydrogens is 164 g/mol. The van der Waals surface area contributed by atoms with Gasteiger partial charge in [0.25, 0.3) is 0 Å². The van der Waals surface area contributed by atoms with Gasteiger partial charge in [-0.25, -0.2) is 0 Å². The molecule has 0 fully saturated rings. The maximum absolute atomic E-state index is 4.29. The van der Waals surface area contributed by atoms with E-state index in [9.17, 15) is 0 Å². The summed E-state index contributed by atoms with van der Waals surface area (Å²) in [5.74, 6) is 0. The number of thiol groups is 1. The molecule has 0 radical (unpaired) electrons. The number of rotatable bonds is 0. The van der Waals surface area contributed by atoms with Crippen molar-refractivity contribution in [3.63, 3.8) is 0 Å². The molecule has 0 N–H and O–H groups in total. The lowest BCUT2D eigenvalue weighted by molar-refractivity contribution is 1.48. The van der Waals surface area contributed by atoms with Crippen molar-refractivity contribution in [1.29, 1.82) is 0 Å². The molecule has 2 rings (SSSR count). The Bertz CT molecular complexity index is 377. The zero-order valence-electron chi connectivity index (χ0n) is 6.91. The second kappa shape index (κ2) is 2.83. The largest absolute Gasteiger partial charge is 0.143 e. The van der Waals surface area contributed by atoms with Gasteiger partial charge < -0.3 is 0 Å². The molecule has 0 aromatic heterocycles. The zero-order chi connectivity index (χ0) is 8.55. The molecule has 1 heteroatoms. The molecule has 0 unspecified atom stereocenters. The van der Waals surface area contributed by atoms with Crippen molar-refractivity contribution < 1.29 is 0 Å². The minimum atomic E-state index is 1.02. The molecule has 0 nitrogen and oxygen atoms in total. The van der Waals surface area contributed by atoms with Gasteiger partial charge in [0.2, 0.25) is 0 Å². The van der Waals surface area contributed by atoms with Crippen molar-refractivity contribution in [2.45, 2.75) is 11.8 Å². The Labute approximate surface area is 77.6 Å². The topological polar surface area (TPSA) is 0 Å². The van der Waals surface area contributed by atoms with E-state index in [2.05, 4.69) is 49.9 Å². The summed E-state index contributed by atoms with van der Waals surface area (Å²) >= 11 is 4.29. The van der Waals surface area contributed by atoms with E-state index in [4.69, 9.17) is 0 Å². The summed E-state index contributed by atoms with van der Waals surface area (Å²) in [4.78, 5) is 1.02. The summed E-state index contributed by atoms with van der Waals surface area (Å²) in [5.41, 5.74) is 1.30. The lowest BCUT2D eigenvalue weighted by atomic mass is 10.1. The first-order valence-electron chi connectivity index (χ1n) is 3.95. The second-order valence-corrected chi connectivity index (χ2v) is 3.55. The fourth-order valence-corrected chi connectivity index (χ4v) is 1.57. The van der Waals surface area contributed by atoms with E-state index in [-0.39, 0.29) is 0 Å². The van der Waals surface area contributed by atoms with Crippen LogP contribution < -0.4 is 0 Å². The SMILES string of the molecule is Cc1ccc2cc(S)ccc2c1. The van der Waals surface area contributed by atoms with Crippen LogP contribution in [-0.4, -0.2) is 0 Å².